The molecule has 0 radical (unpaired) electrons. The van der Waals surface area contributed by atoms with Crippen LogP contribution in [0.15, 0.2) is 0 Å². The second-order valence-corrected chi connectivity index (χ2v) is 15.4. The number of hydrogen-bond acceptors (Lipinski definition) is 2. The van der Waals surface area contributed by atoms with Crippen LogP contribution in [0.5, 0.6) is 0 Å². The van der Waals surface area contributed by atoms with Crippen LogP contribution >= 0.6 is 0 Å². The molecule has 3 saturated carbocycles. The number of ether oxygens (including phenoxy) is 1. The molecule has 0 bridgehead atoms. The fraction of sp³-hybridized carbons (Fsp3) is 0.973. The number of hydrogen-bond donors (Lipinski definition) is 0. The smallest absolute Gasteiger partial charge is 0.308 e. The fourth-order valence-electron chi connectivity index (χ4n) is 9.69. The molecule has 3 fully saturated rings. The van der Waals surface area contributed by atoms with Crippen molar-refractivity contribution in [3.63, 3.8) is 0 Å². The van der Waals surface area contributed by atoms with Crippen LogP contribution in [0, 0.1) is 46.3 Å². The highest BCUT2D eigenvalue weighted by molar-refractivity contribution is 5.72. The number of rotatable bonds is 17. The van der Waals surface area contributed by atoms with E-state index in [-0.39, 0.29) is 17.3 Å². The molecule has 2 nitrogen and oxygen atoms in total. The molecule has 0 spiro atoms. The van der Waals surface area contributed by atoms with Gasteiger partial charge in [-0.05, 0) is 92.8 Å². The average Bonchev–Trinajstić information content (AvgIpc) is 2.92. The third-order valence-corrected chi connectivity index (χ3v) is 12.2. The molecule has 2 heteroatoms. The van der Waals surface area contributed by atoms with E-state index in [2.05, 4.69) is 41.5 Å². The molecule has 0 aromatic rings. The molecular weight excluding hydrogens is 476 g/mol. The second-order valence-electron chi connectivity index (χ2n) is 15.4. The average molecular weight is 545 g/mol. The van der Waals surface area contributed by atoms with Crippen molar-refractivity contribution >= 4 is 5.97 Å². The molecule has 39 heavy (non-hydrogen) atoms. The lowest BCUT2D eigenvalue weighted by Gasteiger charge is -2.61. The zero-order chi connectivity index (χ0) is 28.3. The highest BCUT2D eigenvalue weighted by Crippen LogP contribution is 2.64. The predicted molar refractivity (Wildman–Crippen MR) is 168 cm³/mol. The monoisotopic (exact) mass is 545 g/mol. The summed E-state index contributed by atoms with van der Waals surface area (Å²) in [6.45, 7) is 15.2. The van der Waals surface area contributed by atoms with Crippen LogP contribution in [0.4, 0.5) is 0 Å². The van der Waals surface area contributed by atoms with Gasteiger partial charge in [-0.15, -0.1) is 0 Å². The normalized spacial score (nSPS) is 33.4. The summed E-state index contributed by atoms with van der Waals surface area (Å²) < 4.78 is 6.35. The Labute approximate surface area is 244 Å². The van der Waals surface area contributed by atoms with Gasteiger partial charge in [0.2, 0.25) is 0 Å². The van der Waals surface area contributed by atoms with Gasteiger partial charge in [0.25, 0.3) is 0 Å². The summed E-state index contributed by atoms with van der Waals surface area (Å²) in [7, 11) is 0. The third-order valence-electron chi connectivity index (χ3n) is 12.2. The molecule has 0 aromatic heterocycles. The lowest BCUT2D eigenvalue weighted by atomic mass is 9.44. The lowest BCUT2D eigenvalue weighted by Crippen LogP contribution is -2.55. The van der Waals surface area contributed by atoms with Crippen molar-refractivity contribution in [3.8, 4) is 0 Å². The van der Waals surface area contributed by atoms with Crippen LogP contribution in [0.1, 0.15) is 176 Å². The quantitative estimate of drug-likeness (QED) is 0.134. The number of unbranched alkanes of at least 4 members (excludes halogenated alkanes) is 9. The van der Waals surface area contributed by atoms with E-state index in [0.717, 1.165) is 42.4 Å². The third kappa shape index (κ3) is 8.98. The van der Waals surface area contributed by atoms with Crippen molar-refractivity contribution in [2.75, 3.05) is 6.61 Å². The van der Waals surface area contributed by atoms with Crippen molar-refractivity contribution in [1.82, 2.24) is 0 Å². The molecule has 0 saturated heterocycles. The minimum Gasteiger partial charge on any atom is -0.465 e. The molecule has 0 amide bonds. The second kappa shape index (κ2) is 16.2. The van der Waals surface area contributed by atoms with Crippen molar-refractivity contribution < 1.29 is 9.53 Å². The van der Waals surface area contributed by atoms with Crippen LogP contribution in [0.25, 0.3) is 0 Å². The van der Waals surface area contributed by atoms with E-state index in [1.54, 1.807) is 0 Å². The summed E-state index contributed by atoms with van der Waals surface area (Å²) in [6, 6.07) is 0. The van der Waals surface area contributed by atoms with E-state index in [1.165, 1.54) is 122 Å². The largest absolute Gasteiger partial charge is 0.465 e. The van der Waals surface area contributed by atoms with Gasteiger partial charge in [-0.2, -0.15) is 0 Å². The topological polar surface area (TPSA) is 26.3 Å². The highest BCUT2D eigenvalue weighted by atomic mass is 16.5. The summed E-state index contributed by atoms with van der Waals surface area (Å²) in [5.41, 5.74) is 0.607. The SMILES string of the molecule is CCCCCCCCCC(CCCCCC)C(=O)OC[C@@]1(C)CCC[C@@]2(C)C1CCC1CC(C(C)C)CC[C@H]12. The minimum absolute atomic E-state index is 0.123. The number of carbonyl (C=O) groups excluding carboxylic acids is 1. The van der Waals surface area contributed by atoms with Crippen molar-refractivity contribution in [2.45, 2.75) is 176 Å². The first-order valence-corrected chi connectivity index (χ1v) is 17.9. The Kier molecular flexibility index (Phi) is 13.7. The molecule has 4 unspecified atom stereocenters. The minimum atomic E-state index is 0.123. The summed E-state index contributed by atoms with van der Waals surface area (Å²) in [4.78, 5) is 13.5. The summed E-state index contributed by atoms with van der Waals surface area (Å²) in [5.74, 6) is 4.58. The number of fused-ring (bicyclic) bond motifs is 3. The van der Waals surface area contributed by atoms with E-state index in [9.17, 15) is 4.79 Å². The Morgan fingerprint density at radius 1 is 0.795 bits per heavy atom. The lowest BCUT2D eigenvalue weighted by molar-refractivity contribution is -0.167. The van der Waals surface area contributed by atoms with Crippen LogP contribution in [0.2, 0.25) is 0 Å². The van der Waals surface area contributed by atoms with Crippen LogP contribution in [0.3, 0.4) is 0 Å². The Balaban J connectivity index is 1.56. The summed E-state index contributed by atoms with van der Waals surface area (Å²) >= 11 is 0. The van der Waals surface area contributed by atoms with Gasteiger partial charge in [0, 0.05) is 5.41 Å². The Morgan fingerprint density at radius 3 is 2.05 bits per heavy atom. The van der Waals surface area contributed by atoms with Crippen molar-refractivity contribution in [3.05, 3.63) is 0 Å². The molecule has 7 atom stereocenters. The van der Waals surface area contributed by atoms with Gasteiger partial charge in [0.1, 0.15) is 0 Å². The molecule has 3 aliphatic carbocycles. The molecule has 3 aliphatic rings. The highest BCUT2D eigenvalue weighted by Gasteiger charge is 2.57. The maximum absolute atomic E-state index is 13.5. The van der Waals surface area contributed by atoms with Gasteiger partial charge < -0.3 is 4.74 Å². The first-order valence-electron chi connectivity index (χ1n) is 17.9. The Morgan fingerprint density at radius 2 is 1.41 bits per heavy atom. The molecular formula is C37H68O2. The zero-order valence-electron chi connectivity index (χ0n) is 27.3. The maximum Gasteiger partial charge on any atom is 0.308 e. The molecule has 0 N–H and O–H groups in total. The molecule has 0 aromatic carbocycles. The van der Waals surface area contributed by atoms with Crippen molar-refractivity contribution in [2.24, 2.45) is 46.3 Å². The first kappa shape index (κ1) is 33.0. The molecule has 3 rings (SSSR count). The van der Waals surface area contributed by atoms with Gasteiger partial charge in [-0.1, -0.05) is 119 Å². The zero-order valence-corrected chi connectivity index (χ0v) is 27.3. The van der Waals surface area contributed by atoms with E-state index in [4.69, 9.17) is 4.74 Å². The van der Waals surface area contributed by atoms with E-state index in [0.29, 0.717) is 12.0 Å². The van der Waals surface area contributed by atoms with Crippen LogP contribution in [-0.2, 0) is 9.53 Å². The van der Waals surface area contributed by atoms with Crippen LogP contribution in [-0.4, -0.2) is 12.6 Å². The summed E-state index contributed by atoms with van der Waals surface area (Å²) in [5, 5.41) is 0. The maximum atomic E-state index is 13.5. The molecule has 0 heterocycles. The fourth-order valence-corrected chi connectivity index (χ4v) is 9.69. The van der Waals surface area contributed by atoms with Gasteiger partial charge in [0.15, 0.2) is 0 Å². The standard InChI is InChI=1S/C37H68O2/c1-7-9-11-13-14-15-17-20-30(19-16-12-10-8-2)35(38)39-28-36(5)25-18-26-37(6)33-23-21-31(29(3)4)27-32(33)22-24-34(36)37/h29-34H,7-28H2,1-6H3/t30?,31?,32?,33-,34?,36-,37-/m1/s1. The first-order chi connectivity index (χ1) is 18.7. The predicted octanol–water partition coefficient (Wildman–Crippen LogP) is 11.6. The van der Waals surface area contributed by atoms with Crippen LogP contribution < -0.4 is 0 Å². The van der Waals surface area contributed by atoms with E-state index in [1.807, 2.05) is 0 Å². The van der Waals surface area contributed by atoms with Gasteiger partial charge in [-0.3, -0.25) is 4.79 Å². The summed E-state index contributed by atoms with van der Waals surface area (Å²) in [6.07, 6.45) is 27.3. The Hall–Kier alpha value is -0.530. The number of carbonyl (C=O) groups is 1. The molecule has 228 valence electrons. The van der Waals surface area contributed by atoms with Gasteiger partial charge >= 0.3 is 5.97 Å². The Bertz CT molecular complexity index is 700. The van der Waals surface area contributed by atoms with E-state index < -0.39 is 0 Å². The van der Waals surface area contributed by atoms with E-state index >= 15 is 0 Å². The van der Waals surface area contributed by atoms with Gasteiger partial charge in [0.05, 0.1) is 12.5 Å². The molecule has 0 aliphatic heterocycles. The van der Waals surface area contributed by atoms with Crippen molar-refractivity contribution in [1.29, 1.82) is 0 Å². The van der Waals surface area contributed by atoms with Gasteiger partial charge in [-0.25, -0.2) is 0 Å². The number of esters is 1.